The molecule has 3 heteroatoms. The average Bonchev–Trinajstić information content (AvgIpc) is 2.28. The minimum Gasteiger partial charge on any atom is -0.290 e. The molecule has 0 aliphatic heterocycles. The first-order valence-electron chi connectivity index (χ1n) is 4.96. The van der Waals surface area contributed by atoms with E-state index >= 15 is 0 Å². The highest BCUT2D eigenvalue weighted by atomic mass is 79.9. The maximum Gasteiger partial charge on any atom is 0.229 e. The fraction of sp³-hybridized carbons (Fsp3) is 0.0769. The van der Waals surface area contributed by atoms with Crippen LogP contribution in [0.3, 0.4) is 0 Å². The lowest BCUT2D eigenvalue weighted by Crippen LogP contribution is -2.21. The second-order valence-electron chi connectivity index (χ2n) is 3.86. The van der Waals surface area contributed by atoms with Crippen molar-refractivity contribution in [2.75, 3.05) is 0 Å². The van der Waals surface area contributed by atoms with E-state index in [0.717, 1.165) is 20.8 Å². The van der Waals surface area contributed by atoms with E-state index in [9.17, 15) is 9.59 Å². The van der Waals surface area contributed by atoms with E-state index in [2.05, 4.69) is 15.9 Å². The summed E-state index contributed by atoms with van der Waals surface area (Å²) in [5.41, 5.74) is 1.48. The monoisotopic (exact) mass is 274 g/mol. The van der Waals surface area contributed by atoms with Crippen molar-refractivity contribution in [3.63, 3.8) is 0 Å². The first-order chi connectivity index (χ1) is 7.68. The quantitative estimate of drug-likeness (QED) is 0.693. The van der Waals surface area contributed by atoms with Gasteiger partial charge in [-0.25, -0.2) is 0 Å². The fourth-order valence-electron chi connectivity index (χ4n) is 2.19. The molecule has 3 rings (SSSR count). The van der Waals surface area contributed by atoms with Crippen LogP contribution < -0.4 is 0 Å². The Bertz CT molecular complexity index is 644. The summed E-state index contributed by atoms with van der Waals surface area (Å²) in [7, 11) is 0. The molecule has 1 aliphatic carbocycles. The lowest BCUT2D eigenvalue weighted by atomic mass is 9.87. The number of rotatable bonds is 0. The maximum absolute atomic E-state index is 11.7. The van der Waals surface area contributed by atoms with Gasteiger partial charge in [-0.2, -0.15) is 0 Å². The summed E-state index contributed by atoms with van der Waals surface area (Å²) in [4.78, 5) is 23.3. The Hall–Kier alpha value is -1.48. The van der Waals surface area contributed by atoms with Crippen molar-refractivity contribution < 1.29 is 9.59 Å². The highest BCUT2D eigenvalue weighted by molar-refractivity contribution is 9.10. The third kappa shape index (κ3) is 1.18. The minimum absolute atomic E-state index is 0.222. The molecule has 16 heavy (non-hydrogen) atoms. The molecule has 2 aromatic carbocycles. The van der Waals surface area contributed by atoms with Crippen molar-refractivity contribution >= 4 is 38.3 Å². The number of ketones is 2. The number of halogens is 1. The van der Waals surface area contributed by atoms with Crippen LogP contribution in [0.15, 0.2) is 34.8 Å². The van der Waals surface area contributed by atoms with Crippen LogP contribution in [-0.4, -0.2) is 11.6 Å². The third-order valence-corrected chi connectivity index (χ3v) is 3.61. The van der Waals surface area contributed by atoms with Crippen LogP contribution in [0.5, 0.6) is 0 Å². The smallest absolute Gasteiger partial charge is 0.229 e. The topological polar surface area (TPSA) is 34.1 Å². The molecule has 1 aliphatic rings. The summed E-state index contributed by atoms with van der Waals surface area (Å²) in [5, 5.41) is 1.91. The van der Waals surface area contributed by atoms with Gasteiger partial charge in [-0.3, -0.25) is 9.59 Å². The molecule has 0 spiro atoms. The Morgan fingerprint density at radius 1 is 1.06 bits per heavy atom. The van der Waals surface area contributed by atoms with Gasteiger partial charge in [-0.05, 0) is 28.5 Å². The normalized spacial score (nSPS) is 14.6. The molecule has 0 bridgehead atoms. The van der Waals surface area contributed by atoms with Crippen LogP contribution in [-0.2, 0) is 11.2 Å². The molecule has 2 nitrogen and oxygen atoms in total. The maximum atomic E-state index is 11.7. The number of benzene rings is 2. The molecule has 0 saturated carbocycles. The predicted molar refractivity (Wildman–Crippen MR) is 64.7 cm³/mol. The molecular weight excluding hydrogens is 268 g/mol. The van der Waals surface area contributed by atoms with E-state index in [1.807, 2.05) is 24.3 Å². The number of Topliss-reactive ketones (excluding diaryl/α,β-unsaturated/α-hetero) is 2. The van der Waals surface area contributed by atoms with E-state index in [1.165, 1.54) is 0 Å². The molecule has 0 radical (unpaired) electrons. The molecule has 0 fully saturated rings. The molecule has 0 unspecified atom stereocenters. The predicted octanol–water partition coefficient (Wildman–Crippen LogP) is 2.91. The van der Waals surface area contributed by atoms with Gasteiger partial charge in [0.15, 0.2) is 0 Å². The minimum atomic E-state index is -0.365. The third-order valence-electron chi connectivity index (χ3n) is 2.92. The zero-order valence-corrected chi connectivity index (χ0v) is 9.87. The Balaban J connectivity index is 2.53. The van der Waals surface area contributed by atoms with Crippen molar-refractivity contribution in [3.05, 3.63) is 45.9 Å². The standard InChI is InChI=1S/C13H7BrO2/c14-10-5-4-9-12-7(2-1-3-8(10)12)6-11(15)13(9)16/h1-5H,6H2. The summed E-state index contributed by atoms with van der Waals surface area (Å²) < 4.78 is 0.954. The van der Waals surface area contributed by atoms with Crippen molar-refractivity contribution in [2.24, 2.45) is 0 Å². The lowest BCUT2D eigenvalue weighted by Gasteiger charge is -2.15. The molecule has 0 heterocycles. The van der Waals surface area contributed by atoms with Crippen LogP contribution >= 0.6 is 15.9 Å². The van der Waals surface area contributed by atoms with Crippen LogP contribution in [0.25, 0.3) is 10.8 Å². The van der Waals surface area contributed by atoms with Gasteiger partial charge in [0.1, 0.15) is 0 Å². The molecule has 0 atom stereocenters. The fourth-order valence-corrected chi connectivity index (χ4v) is 2.65. The van der Waals surface area contributed by atoms with Gasteiger partial charge >= 0.3 is 0 Å². The summed E-state index contributed by atoms with van der Waals surface area (Å²) in [6.07, 6.45) is 0.222. The SMILES string of the molecule is O=C1Cc2cccc3c(Br)ccc(c23)C1=O. The largest absolute Gasteiger partial charge is 0.290 e. The van der Waals surface area contributed by atoms with Crippen molar-refractivity contribution in [1.29, 1.82) is 0 Å². The Labute approximate surface area is 100 Å². The zero-order valence-electron chi connectivity index (χ0n) is 8.29. The molecule has 0 amide bonds. The Morgan fingerprint density at radius 3 is 2.69 bits per heavy atom. The van der Waals surface area contributed by atoms with Crippen LogP contribution in [0.2, 0.25) is 0 Å². The van der Waals surface area contributed by atoms with Gasteiger partial charge in [-0.15, -0.1) is 0 Å². The Kier molecular flexibility index (Phi) is 1.98. The molecule has 2 aromatic rings. The number of hydrogen-bond donors (Lipinski definition) is 0. The first-order valence-corrected chi connectivity index (χ1v) is 5.75. The van der Waals surface area contributed by atoms with Gasteiger partial charge in [0.25, 0.3) is 0 Å². The summed E-state index contributed by atoms with van der Waals surface area (Å²) in [5.74, 6) is -0.682. The summed E-state index contributed by atoms with van der Waals surface area (Å²) in [6.45, 7) is 0. The number of carbonyl (C=O) groups is 2. The zero-order chi connectivity index (χ0) is 11.3. The van der Waals surface area contributed by atoms with E-state index in [1.54, 1.807) is 6.07 Å². The Morgan fingerprint density at radius 2 is 1.88 bits per heavy atom. The highest BCUT2D eigenvalue weighted by Crippen LogP contribution is 2.32. The number of carbonyl (C=O) groups excluding carboxylic acids is 2. The van der Waals surface area contributed by atoms with Crippen LogP contribution in [0, 0.1) is 0 Å². The number of hydrogen-bond acceptors (Lipinski definition) is 2. The molecule has 0 N–H and O–H groups in total. The first kappa shape index (κ1) is 9.73. The van der Waals surface area contributed by atoms with Gasteiger partial charge < -0.3 is 0 Å². The van der Waals surface area contributed by atoms with E-state index in [4.69, 9.17) is 0 Å². The van der Waals surface area contributed by atoms with Crippen molar-refractivity contribution in [2.45, 2.75) is 6.42 Å². The van der Waals surface area contributed by atoms with Crippen molar-refractivity contribution in [3.8, 4) is 0 Å². The highest BCUT2D eigenvalue weighted by Gasteiger charge is 2.26. The second kappa shape index (κ2) is 3.25. The van der Waals surface area contributed by atoms with Crippen LogP contribution in [0.1, 0.15) is 15.9 Å². The second-order valence-corrected chi connectivity index (χ2v) is 4.72. The molecule has 0 aromatic heterocycles. The van der Waals surface area contributed by atoms with Gasteiger partial charge in [0.05, 0.1) is 0 Å². The van der Waals surface area contributed by atoms with Crippen LogP contribution in [0.4, 0.5) is 0 Å². The average molecular weight is 275 g/mol. The van der Waals surface area contributed by atoms with Gasteiger partial charge in [0.2, 0.25) is 11.6 Å². The van der Waals surface area contributed by atoms with Gasteiger partial charge in [0, 0.05) is 16.5 Å². The van der Waals surface area contributed by atoms with E-state index in [0.29, 0.717) is 5.56 Å². The summed E-state index contributed by atoms with van der Waals surface area (Å²) in [6, 6.07) is 9.31. The lowest BCUT2D eigenvalue weighted by molar-refractivity contribution is -0.114. The molecule has 0 saturated heterocycles. The van der Waals surface area contributed by atoms with Crippen molar-refractivity contribution in [1.82, 2.24) is 0 Å². The molecule has 78 valence electrons. The summed E-state index contributed by atoms with van der Waals surface area (Å²) >= 11 is 3.46. The van der Waals surface area contributed by atoms with E-state index in [-0.39, 0.29) is 18.0 Å². The molecular formula is C13H7BrO2. The van der Waals surface area contributed by atoms with Gasteiger partial charge in [-0.1, -0.05) is 34.1 Å². The van der Waals surface area contributed by atoms with E-state index < -0.39 is 0 Å².